The number of benzene rings is 2. The highest BCUT2D eigenvalue weighted by atomic mass is 32.2. The number of sulfonamides is 2. The number of amides is 1. The molecule has 0 aliphatic carbocycles. The number of para-hydroxylation sites is 1. The number of carbonyl (C=O) groups excluding carboxylic acids is 1. The van der Waals surface area contributed by atoms with E-state index in [9.17, 15) is 26.0 Å². The normalized spacial score (nSPS) is 16.7. The van der Waals surface area contributed by atoms with E-state index in [2.05, 4.69) is 4.72 Å². The van der Waals surface area contributed by atoms with Gasteiger partial charge in [0.1, 0.15) is 5.82 Å². The molecule has 1 N–H and O–H groups in total. The molecule has 26 heavy (non-hydrogen) atoms. The first-order valence-corrected chi connectivity index (χ1v) is 10.6. The predicted molar refractivity (Wildman–Crippen MR) is 94.3 cm³/mol. The number of halogens is 1. The second-order valence-corrected chi connectivity index (χ2v) is 9.35. The third-order valence-corrected chi connectivity index (χ3v) is 7.10. The lowest BCUT2D eigenvalue weighted by atomic mass is 10.2. The largest absolute Gasteiger partial charge is 0.277 e. The maximum atomic E-state index is 13.7. The number of aryl methyl sites for hydroxylation is 1. The predicted octanol–water partition coefficient (Wildman–Crippen LogP) is 2.00. The molecule has 1 fully saturated rings. The second kappa shape index (κ2) is 6.36. The van der Waals surface area contributed by atoms with E-state index in [1.54, 1.807) is 0 Å². The molecule has 2 aromatic rings. The molecule has 0 aromatic heterocycles. The van der Waals surface area contributed by atoms with Gasteiger partial charge in [-0.25, -0.2) is 25.5 Å². The fourth-order valence-corrected chi connectivity index (χ4v) is 5.42. The zero-order valence-electron chi connectivity index (χ0n) is 13.6. The molecule has 0 atom stereocenters. The fourth-order valence-electron chi connectivity index (χ4n) is 2.67. The summed E-state index contributed by atoms with van der Waals surface area (Å²) in [7, 11) is -7.83. The Hall–Kier alpha value is -2.46. The molecular weight excluding hydrogens is 383 g/mol. The van der Waals surface area contributed by atoms with E-state index < -0.39 is 31.8 Å². The van der Waals surface area contributed by atoms with E-state index in [1.807, 2.05) is 0 Å². The highest BCUT2D eigenvalue weighted by Gasteiger charge is 2.36. The van der Waals surface area contributed by atoms with Crippen molar-refractivity contribution in [1.82, 2.24) is 0 Å². The molecule has 0 saturated carbocycles. The summed E-state index contributed by atoms with van der Waals surface area (Å²) in [5, 5.41) is 0. The van der Waals surface area contributed by atoms with Crippen molar-refractivity contribution in [3.05, 3.63) is 53.8 Å². The zero-order chi connectivity index (χ0) is 19.1. The monoisotopic (exact) mass is 398 g/mol. The van der Waals surface area contributed by atoms with Crippen LogP contribution in [0.25, 0.3) is 0 Å². The molecule has 1 aliphatic heterocycles. The van der Waals surface area contributed by atoms with Gasteiger partial charge in [0.25, 0.3) is 10.0 Å². The van der Waals surface area contributed by atoms with Gasteiger partial charge < -0.3 is 0 Å². The molecule has 0 bridgehead atoms. The lowest BCUT2D eigenvalue weighted by Crippen LogP contribution is -2.29. The van der Waals surface area contributed by atoms with E-state index in [0.717, 1.165) is 6.07 Å². The Balaban J connectivity index is 1.97. The van der Waals surface area contributed by atoms with Crippen LogP contribution in [-0.2, 0) is 24.8 Å². The Morgan fingerprint density at radius 3 is 2.42 bits per heavy atom. The molecule has 0 radical (unpaired) electrons. The van der Waals surface area contributed by atoms with Gasteiger partial charge in [-0.1, -0.05) is 12.1 Å². The van der Waals surface area contributed by atoms with Crippen molar-refractivity contribution in [2.75, 3.05) is 14.8 Å². The third kappa shape index (κ3) is 3.29. The summed E-state index contributed by atoms with van der Waals surface area (Å²) < 4.78 is 65.5. The quantitative estimate of drug-likeness (QED) is 0.849. The summed E-state index contributed by atoms with van der Waals surface area (Å²) in [5.41, 5.74) is 0.101. The number of hydrogen-bond acceptors (Lipinski definition) is 5. The van der Waals surface area contributed by atoms with E-state index in [0.29, 0.717) is 4.31 Å². The topological polar surface area (TPSA) is 101 Å². The molecule has 2 aromatic carbocycles. The number of nitrogens with one attached hydrogen (secondary N) is 1. The van der Waals surface area contributed by atoms with Crippen LogP contribution in [0.4, 0.5) is 15.8 Å². The Morgan fingerprint density at radius 2 is 1.85 bits per heavy atom. The van der Waals surface area contributed by atoms with Gasteiger partial charge in [0.15, 0.2) is 0 Å². The van der Waals surface area contributed by atoms with E-state index in [4.69, 9.17) is 0 Å². The van der Waals surface area contributed by atoms with Crippen LogP contribution in [0.2, 0.25) is 0 Å². The first-order valence-electron chi connectivity index (χ1n) is 7.56. The van der Waals surface area contributed by atoms with Crippen LogP contribution in [0.5, 0.6) is 0 Å². The summed E-state index contributed by atoms with van der Waals surface area (Å²) >= 11 is 0. The van der Waals surface area contributed by atoms with Gasteiger partial charge in [-0.2, -0.15) is 0 Å². The maximum Gasteiger partial charge on any atom is 0.262 e. The van der Waals surface area contributed by atoms with Gasteiger partial charge >= 0.3 is 0 Å². The Morgan fingerprint density at radius 1 is 1.15 bits per heavy atom. The average molecular weight is 398 g/mol. The minimum Gasteiger partial charge on any atom is -0.277 e. The van der Waals surface area contributed by atoms with Gasteiger partial charge in [0, 0.05) is 6.42 Å². The van der Waals surface area contributed by atoms with Crippen molar-refractivity contribution in [2.24, 2.45) is 0 Å². The van der Waals surface area contributed by atoms with Gasteiger partial charge in [-0.3, -0.25) is 9.52 Å². The fraction of sp³-hybridized carbons (Fsp3) is 0.188. The summed E-state index contributed by atoms with van der Waals surface area (Å²) in [5.74, 6) is -1.57. The van der Waals surface area contributed by atoms with Crippen molar-refractivity contribution < 1.29 is 26.0 Å². The Kier molecular flexibility index (Phi) is 4.49. The van der Waals surface area contributed by atoms with E-state index in [-0.39, 0.29) is 34.0 Å². The van der Waals surface area contributed by atoms with Crippen molar-refractivity contribution in [1.29, 1.82) is 0 Å². The van der Waals surface area contributed by atoms with Crippen LogP contribution in [0.1, 0.15) is 12.0 Å². The number of hydrogen-bond donors (Lipinski definition) is 1. The SMILES string of the molecule is Cc1cc(N2C(=O)CCS2(=O)=O)ccc1S(=O)(=O)Nc1ccccc1F. The molecule has 0 unspecified atom stereocenters. The van der Waals surface area contributed by atoms with Gasteiger partial charge in [0.2, 0.25) is 15.9 Å². The molecule has 1 saturated heterocycles. The Labute approximate surface area is 150 Å². The highest BCUT2D eigenvalue weighted by molar-refractivity contribution is 7.94. The minimum atomic E-state index is -4.09. The zero-order valence-corrected chi connectivity index (χ0v) is 15.3. The second-order valence-electron chi connectivity index (χ2n) is 5.76. The van der Waals surface area contributed by atoms with Crippen molar-refractivity contribution in [2.45, 2.75) is 18.2 Å². The third-order valence-electron chi connectivity index (χ3n) is 3.88. The van der Waals surface area contributed by atoms with Crippen molar-refractivity contribution in [3.8, 4) is 0 Å². The summed E-state index contributed by atoms with van der Waals surface area (Å²) in [6.45, 7) is 1.46. The summed E-state index contributed by atoms with van der Waals surface area (Å²) in [6, 6.07) is 9.06. The first kappa shape index (κ1) is 18.3. The lowest BCUT2D eigenvalue weighted by Gasteiger charge is -2.17. The summed E-state index contributed by atoms with van der Waals surface area (Å²) in [6.07, 6.45) is -0.115. The number of carbonyl (C=O) groups is 1. The lowest BCUT2D eigenvalue weighted by molar-refractivity contribution is -0.116. The molecule has 10 heteroatoms. The molecule has 1 aliphatic rings. The maximum absolute atomic E-state index is 13.7. The molecule has 7 nitrogen and oxygen atoms in total. The molecule has 3 rings (SSSR count). The van der Waals surface area contributed by atoms with Gasteiger partial charge in [-0.05, 0) is 42.8 Å². The molecular formula is C16H15FN2O5S2. The average Bonchev–Trinajstić information content (AvgIpc) is 2.82. The van der Waals surface area contributed by atoms with Crippen LogP contribution in [0.15, 0.2) is 47.4 Å². The van der Waals surface area contributed by atoms with Crippen molar-refractivity contribution in [3.63, 3.8) is 0 Å². The number of rotatable bonds is 4. The van der Waals surface area contributed by atoms with E-state index >= 15 is 0 Å². The molecule has 138 valence electrons. The molecule has 1 heterocycles. The first-order chi connectivity index (χ1) is 12.1. The molecule has 1 amide bonds. The molecule has 0 spiro atoms. The Bertz CT molecular complexity index is 1100. The van der Waals surface area contributed by atoms with Gasteiger partial charge in [-0.15, -0.1) is 0 Å². The van der Waals surface area contributed by atoms with Crippen LogP contribution < -0.4 is 9.03 Å². The standard InChI is InChI=1S/C16H15FN2O5S2/c1-11-10-12(19-16(20)8-9-25(19,21)22)6-7-15(11)26(23,24)18-14-5-3-2-4-13(14)17/h2-7,10,18H,8-9H2,1H3. The van der Waals surface area contributed by atoms with Crippen LogP contribution in [-0.4, -0.2) is 28.5 Å². The number of nitrogens with zero attached hydrogens (tertiary/aromatic N) is 1. The summed E-state index contributed by atoms with van der Waals surface area (Å²) in [4.78, 5) is 11.7. The number of anilines is 2. The van der Waals surface area contributed by atoms with Crippen LogP contribution in [0, 0.1) is 12.7 Å². The highest BCUT2D eigenvalue weighted by Crippen LogP contribution is 2.29. The minimum absolute atomic E-state index is 0.0786. The van der Waals surface area contributed by atoms with Crippen molar-refractivity contribution >= 4 is 37.3 Å². The van der Waals surface area contributed by atoms with Gasteiger partial charge in [0.05, 0.1) is 22.0 Å². The van der Waals surface area contributed by atoms with E-state index in [1.165, 1.54) is 43.3 Å². The smallest absolute Gasteiger partial charge is 0.262 e. The van der Waals surface area contributed by atoms with Crippen LogP contribution in [0.3, 0.4) is 0 Å². The van der Waals surface area contributed by atoms with Crippen LogP contribution >= 0.6 is 0 Å².